The number of carbonyl (C=O) groups excluding carboxylic acids is 1. The van der Waals surface area contributed by atoms with Crippen LogP contribution in [0.1, 0.15) is 15.9 Å². The zero-order valence-corrected chi connectivity index (χ0v) is 17.6. The fourth-order valence-electron chi connectivity index (χ4n) is 2.26. The number of esters is 1. The quantitative estimate of drug-likeness (QED) is 0.131. The van der Waals surface area contributed by atoms with Crippen molar-refractivity contribution < 1.29 is 9.53 Å². The van der Waals surface area contributed by atoms with Gasteiger partial charge in [-0.2, -0.15) is 5.10 Å². The van der Waals surface area contributed by atoms with Gasteiger partial charge in [0.2, 0.25) is 0 Å². The summed E-state index contributed by atoms with van der Waals surface area (Å²) >= 11 is 7.29. The minimum Gasteiger partial charge on any atom is -0.423 e. The SMILES string of the molecule is O=C(Oc1ccc(C=NNC(=S)Nc2ccccc2)cc1)c1ccccc1I. The third kappa shape index (κ3) is 5.86. The molecule has 0 radical (unpaired) electrons. The molecule has 0 aromatic heterocycles. The van der Waals surface area contributed by atoms with Gasteiger partial charge >= 0.3 is 5.97 Å². The van der Waals surface area contributed by atoms with Crippen LogP contribution in [0, 0.1) is 3.57 Å². The molecule has 0 spiro atoms. The normalized spacial score (nSPS) is 10.5. The third-order valence-corrected chi connectivity index (χ3v) is 4.73. The van der Waals surface area contributed by atoms with Gasteiger partial charge in [-0.3, -0.25) is 5.43 Å². The van der Waals surface area contributed by atoms with Gasteiger partial charge in [0.1, 0.15) is 5.75 Å². The molecule has 140 valence electrons. The standard InChI is InChI=1S/C21H16IN3O2S/c22-19-9-5-4-8-18(19)20(26)27-17-12-10-15(11-13-17)14-23-25-21(28)24-16-6-2-1-3-7-16/h1-14H,(H2,24,25,28). The van der Waals surface area contributed by atoms with E-state index in [1.807, 2.05) is 48.5 Å². The molecule has 3 aromatic rings. The molecule has 0 fully saturated rings. The van der Waals surface area contributed by atoms with Crippen molar-refractivity contribution in [1.29, 1.82) is 0 Å². The van der Waals surface area contributed by atoms with E-state index in [-0.39, 0.29) is 5.97 Å². The molecule has 3 aromatic carbocycles. The van der Waals surface area contributed by atoms with Crippen LogP contribution >= 0.6 is 34.8 Å². The lowest BCUT2D eigenvalue weighted by Crippen LogP contribution is -2.23. The number of ether oxygens (including phenoxy) is 1. The van der Waals surface area contributed by atoms with Gasteiger partial charge in [0.25, 0.3) is 0 Å². The lowest BCUT2D eigenvalue weighted by Gasteiger charge is -2.07. The van der Waals surface area contributed by atoms with Crippen LogP contribution in [0.4, 0.5) is 5.69 Å². The Morgan fingerprint density at radius 2 is 1.64 bits per heavy atom. The zero-order chi connectivity index (χ0) is 19.8. The monoisotopic (exact) mass is 501 g/mol. The van der Waals surface area contributed by atoms with E-state index in [9.17, 15) is 4.79 Å². The predicted octanol–water partition coefficient (Wildman–Crippen LogP) is 4.83. The van der Waals surface area contributed by atoms with Crippen molar-refractivity contribution in [3.8, 4) is 5.75 Å². The van der Waals surface area contributed by atoms with E-state index in [2.05, 4.69) is 38.4 Å². The Morgan fingerprint density at radius 1 is 0.964 bits per heavy atom. The van der Waals surface area contributed by atoms with E-state index in [1.165, 1.54) is 0 Å². The first-order valence-corrected chi connectivity index (χ1v) is 9.82. The number of rotatable bonds is 5. The fraction of sp³-hybridized carbons (Fsp3) is 0. The van der Waals surface area contributed by atoms with Crippen molar-refractivity contribution in [3.63, 3.8) is 0 Å². The number of hydrogen-bond acceptors (Lipinski definition) is 4. The van der Waals surface area contributed by atoms with Crippen molar-refractivity contribution in [1.82, 2.24) is 5.43 Å². The third-order valence-electron chi connectivity index (χ3n) is 3.60. The lowest BCUT2D eigenvalue weighted by molar-refractivity contribution is 0.0733. The topological polar surface area (TPSA) is 62.7 Å². The molecule has 0 saturated heterocycles. The molecule has 0 aliphatic rings. The molecule has 0 amide bonds. The maximum Gasteiger partial charge on any atom is 0.344 e. The van der Waals surface area contributed by atoms with E-state index in [1.54, 1.807) is 36.5 Å². The molecule has 0 heterocycles. The number of halogens is 1. The van der Waals surface area contributed by atoms with Gasteiger partial charge in [-0.15, -0.1) is 0 Å². The van der Waals surface area contributed by atoms with Gasteiger partial charge in [-0.25, -0.2) is 4.79 Å². The number of nitrogens with zero attached hydrogens (tertiary/aromatic N) is 1. The maximum absolute atomic E-state index is 12.2. The molecule has 5 nitrogen and oxygen atoms in total. The molecule has 2 N–H and O–H groups in total. The molecule has 0 aliphatic carbocycles. The van der Waals surface area contributed by atoms with Crippen LogP contribution in [-0.2, 0) is 0 Å². The summed E-state index contributed by atoms with van der Waals surface area (Å²) in [5.41, 5.74) is 5.02. The Morgan fingerprint density at radius 3 is 2.36 bits per heavy atom. The average molecular weight is 501 g/mol. The van der Waals surface area contributed by atoms with Gasteiger partial charge in [-0.1, -0.05) is 30.3 Å². The summed E-state index contributed by atoms with van der Waals surface area (Å²) in [6.07, 6.45) is 1.63. The number of hydrogen-bond donors (Lipinski definition) is 2. The summed E-state index contributed by atoms with van der Waals surface area (Å²) in [5.74, 6) is 0.0847. The van der Waals surface area contributed by atoms with Gasteiger partial charge in [-0.05, 0) is 88.9 Å². The summed E-state index contributed by atoms with van der Waals surface area (Å²) in [5, 5.41) is 7.52. The van der Waals surface area contributed by atoms with Crippen molar-refractivity contribution in [2.75, 3.05) is 5.32 Å². The molecular formula is C21H16IN3O2S. The lowest BCUT2D eigenvalue weighted by atomic mass is 10.2. The molecule has 7 heteroatoms. The van der Waals surface area contributed by atoms with Crippen LogP contribution in [0.25, 0.3) is 0 Å². The largest absolute Gasteiger partial charge is 0.423 e. The molecule has 28 heavy (non-hydrogen) atoms. The second-order valence-electron chi connectivity index (χ2n) is 5.63. The van der Waals surface area contributed by atoms with Crippen LogP contribution in [0.3, 0.4) is 0 Å². The van der Waals surface area contributed by atoms with Crippen LogP contribution < -0.4 is 15.5 Å². The number of thiocarbonyl (C=S) groups is 1. The second-order valence-corrected chi connectivity index (χ2v) is 7.20. The molecule has 0 aliphatic heterocycles. The number of benzene rings is 3. The summed E-state index contributed by atoms with van der Waals surface area (Å²) < 4.78 is 6.26. The Kier molecular flexibility index (Phi) is 7.10. The number of para-hydroxylation sites is 1. The first kappa shape index (κ1) is 20.0. The second kappa shape index (κ2) is 9.95. The van der Waals surface area contributed by atoms with Gasteiger partial charge in [0.05, 0.1) is 11.8 Å². The van der Waals surface area contributed by atoms with Crippen molar-refractivity contribution in [2.24, 2.45) is 5.10 Å². The minimum absolute atomic E-state index is 0.384. The summed E-state index contributed by atoms with van der Waals surface area (Å²) in [6.45, 7) is 0. The average Bonchev–Trinajstić information content (AvgIpc) is 2.70. The van der Waals surface area contributed by atoms with E-state index < -0.39 is 0 Å². The highest BCUT2D eigenvalue weighted by atomic mass is 127. The molecule has 0 saturated carbocycles. The van der Waals surface area contributed by atoms with Crippen molar-refractivity contribution >= 4 is 57.8 Å². The van der Waals surface area contributed by atoms with E-state index >= 15 is 0 Å². The van der Waals surface area contributed by atoms with Crippen LogP contribution in [0.5, 0.6) is 5.75 Å². The highest BCUT2D eigenvalue weighted by Crippen LogP contribution is 2.17. The van der Waals surface area contributed by atoms with Gasteiger partial charge in [0, 0.05) is 9.26 Å². The highest BCUT2D eigenvalue weighted by molar-refractivity contribution is 14.1. The van der Waals surface area contributed by atoms with E-state index in [4.69, 9.17) is 17.0 Å². The number of nitrogens with one attached hydrogen (secondary N) is 2. The van der Waals surface area contributed by atoms with Crippen LogP contribution in [0.15, 0.2) is 84.0 Å². The zero-order valence-electron chi connectivity index (χ0n) is 14.6. The van der Waals surface area contributed by atoms with Crippen molar-refractivity contribution in [3.05, 3.63) is 93.6 Å². The summed E-state index contributed by atoms with van der Waals surface area (Å²) in [4.78, 5) is 12.2. The molecule has 3 rings (SSSR count). The Labute approximate surface area is 182 Å². The predicted molar refractivity (Wildman–Crippen MR) is 124 cm³/mol. The first-order valence-electron chi connectivity index (χ1n) is 8.34. The molecule has 0 bridgehead atoms. The van der Waals surface area contributed by atoms with Gasteiger partial charge in [0.15, 0.2) is 5.11 Å². The molecule has 0 unspecified atom stereocenters. The number of carbonyl (C=O) groups is 1. The van der Waals surface area contributed by atoms with E-state index in [0.29, 0.717) is 16.4 Å². The van der Waals surface area contributed by atoms with E-state index in [0.717, 1.165) is 14.8 Å². The van der Waals surface area contributed by atoms with Crippen LogP contribution in [-0.4, -0.2) is 17.3 Å². The Balaban J connectivity index is 1.52. The van der Waals surface area contributed by atoms with Gasteiger partial charge < -0.3 is 10.1 Å². The molecular weight excluding hydrogens is 485 g/mol. The smallest absolute Gasteiger partial charge is 0.344 e. The molecule has 0 atom stereocenters. The van der Waals surface area contributed by atoms with Crippen molar-refractivity contribution in [2.45, 2.75) is 0 Å². The minimum atomic E-state index is -0.384. The number of hydrazone groups is 1. The fourth-order valence-corrected chi connectivity index (χ4v) is 3.03. The Hall–Kier alpha value is -2.78. The summed E-state index contributed by atoms with van der Waals surface area (Å²) in [6, 6.07) is 23.9. The maximum atomic E-state index is 12.2. The summed E-state index contributed by atoms with van der Waals surface area (Å²) in [7, 11) is 0. The highest BCUT2D eigenvalue weighted by Gasteiger charge is 2.11. The Bertz CT molecular complexity index is 992. The first-order chi connectivity index (χ1) is 13.6. The van der Waals surface area contributed by atoms with Crippen LogP contribution in [0.2, 0.25) is 0 Å². The number of anilines is 1.